The summed E-state index contributed by atoms with van der Waals surface area (Å²) in [5.41, 5.74) is 3.17. The minimum atomic E-state index is 0.786. The van der Waals surface area contributed by atoms with Crippen LogP contribution in [0.15, 0.2) is 11.1 Å². The van der Waals surface area contributed by atoms with Crippen LogP contribution in [-0.4, -0.2) is 25.7 Å². The van der Waals surface area contributed by atoms with Gasteiger partial charge in [0.05, 0.1) is 0 Å². The van der Waals surface area contributed by atoms with Crippen LogP contribution < -0.4 is 10.6 Å². The van der Waals surface area contributed by atoms with Crippen LogP contribution in [0.2, 0.25) is 0 Å². The Balaban J connectivity index is 1.71. The molecule has 1 saturated heterocycles. The summed E-state index contributed by atoms with van der Waals surface area (Å²) in [4.78, 5) is 0. The predicted octanol–water partition coefficient (Wildman–Crippen LogP) is 1.68. The Labute approximate surface area is 87.2 Å². The Morgan fingerprint density at radius 3 is 2.71 bits per heavy atom. The summed E-state index contributed by atoms with van der Waals surface area (Å²) in [7, 11) is 0. The minimum absolute atomic E-state index is 0.786. The fourth-order valence-electron chi connectivity index (χ4n) is 2.37. The first-order valence-corrected chi connectivity index (χ1v) is 5.87. The summed E-state index contributed by atoms with van der Waals surface area (Å²) in [5, 5.41) is 6.97. The van der Waals surface area contributed by atoms with Crippen molar-refractivity contribution in [2.24, 2.45) is 5.92 Å². The largest absolute Gasteiger partial charge is 0.310 e. The van der Waals surface area contributed by atoms with Gasteiger partial charge in [-0.05, 0) is 37.7 Å². The molecule has 2 unspecified atom stereocenters. The second kappa shape index (κ2) is 4.45. The zero-order chi connectivity index (χ0) is 9.97. The average Bonchev–Trinajstić information content (AvgIpc) is 2.45. The van der Waals surface area contributed by atoms with Gasteiger partial charge in [0.1, 0.15) is 0 Å². The Kier molecular flexibility index (Phi) is 3.24. The van der Waals surface area contributed by atoms with Crippen LogP contribution in [0.25, 0.3) is 0 Å². The molecular formula is C12H22N2. The molecule has 1 aliphatic carbocycles. The highest BCUT2D eigenvalue weighted by Crippen LogP contribution is 2.24. The highest BCUT2D eigenvalue weighted by molar-refractivity contribution is 5.22. The van der Waals surface area contributed by atoms with E-state index in [0.717, 1.165) is 31.6 Å². The van der Waals surface area contributed by atoms with Gasteiger partial charge in [-0.1, -0.05) is 12.5 Å². The van der Waals surface area contributed by atoms with Gasteiger partial charge in [-0.3, -0.25) is 0 Å². The molecule has 0 aromatic rings. The average molecular weight is 194 g/mol. The van der Waals surface area contributed by atoms with Crippen molar-refractivity contribution < 1.29 is 0 Å². The summed E-state index contributed by atoms with van der Waals surface area (Å²) in [6.45, 7) is 7.97. The summed E-state index contributed by atoms with van der Waals surface area (Å²) in [6, 6.07) is 0.786. The molecule has 2 fully saturated rings. The van der Waals surface area contributed by atoms with Crippen molar-refractivity contribution in [3.63, 3.8) is 0 Å². The summed E-state index contributed by atoms with van der Waals surface area (Å²) >= 11 is 0. The quantitative estimate of drug-likeness (QED) is 0.668. The monoisotopic (exact) mass is 194 g/mol. The number of hydrogen-bond acceptors (Lipinski definition) is 2. The molecule has 0 amide bonds. The Hall–Kier alpha value is -0.340. The molecule has 14 heavy (non-hydrogen) atoms. The van der Waals surface area contributed by atoms with Crippen LogP contribution in [0.3, 0.4) is 0 Å². The van der Waals surface area contributed by atoms with Gasteiger partial charge >= 0.3 is 0 Å². The van der Waals surface area contributed by atoms with Crippen LogP contribution in [-0.2, 0) is 0 Å². The smallest absolute Gasteiger partial charge is 0.0183 e. The zero-order valence-corrected chi connectivity index (χ0v) is 9.40. The number of rotatable bonds is 3. The number of hydrogen-bond donors (Lipinski definition) is 2. The zero-order valence-electron chi connectivity index (χ0n) is 9.40. The molecule has 2 N–H and O–H groups in total. The van der Waals surface area contributed by atoms with Gasteiger partial charge in [0.25, 0.3) is 0 Å². The van der Waals surface area contributed by atoms with Gasteiger partial charge < -0.3 is 10.6 Å². The van der Waals surface area contributed by atoms with E-state index < -0.39 is 0 Å². The maximum absolute atomic E-state index is 3.68. The van der Waals surface area contributed by atoms with Crippen LogP contribution in [0.5, 0.6) is 0 Å². The molecule has 1 saturated carbocycles. The molecule has 1 aliphatic heterocycles. The second-order valence-electron chi connectivity index (χ2n) is 4.98. The van der Waals surface area contributed by atoms with E-state index >= 15 is 0 Å². The van der Waals surface area contributed by atoms with Gasteiger partial charge in [-0.25, -0.2) is 0 Å². The van der Waals surface area contributed by atoms with Crippen molar-refractivity contribution in [2.45, 2.75) is 39.2 Å². The fraction of sp³-hybridized carbons (Fsp3) is 0.833. The minimum Gasteiger partial charge on any atom is -0.310 e. The van der Waals surface area contributed by atoms with Crippen molar-refractivity contribution in [2.75, 3.05) is 19.6 Å². The van der Waals surface area contributed by atoms with Crippen LogP contribution >= 0.6 is 0 Å². The van der Waals surface area contributed by atoms with Gasteiger partial charge in [0, 0.05) is 25.7 Å². The normalized spacial score (nSPS) is 31.7. The first-order chi connectivity index (χ1) is 6.75. The third kappa shape index (κ3) is 2.37. The van der Waals surface area contributed by atoms with E-state index in [-0.39, 0.29) is 0 Å². The predicted molar refractivity (Wildman–Crippen MR) is 60.4 cm³/mol. The summed E-state index contributed by atoms with van der Waals surface area (Å²) in [5.74, 6) is 0.936. The SMILES string of the molecule is CC(CNC1CCC(C)C1)=C1CNC1. The van der Waals surface area contributed by atoms with E-state index in [4.69, 9.17) is 0 Å². The lowest BCUT2D eigenvalue weighted by Crippen LogP contribution is -2.37. The molecule has 0 aromatic carbocycles. The lowest BCUT2D eigenvalue weighted by atomic mass is 10.0. The number of nitrogens with one attached hydrogen (secondary N) is 2. The molecule has 2 atom stereocenters. The van der Waals surface area contributed by atoms with Gasteiger partial charge in [0.15, 0.2) is 0 Å². The standard InChI is InChI=1S/C12H22N2/c1-9-3-4-12(5-9)14-6-10(2)11-7-13-8-11/h9,12-14H,3-8H2,1-2H3. The van der Waals surface area contributed by atoms with E-state index in [2.05, 4.69) is 24.5 Å². The van der Waals surface area contributed by atoms with Crippen molar-refractivity contribution in [1.29, 1.82) is 0 Å². The highest BCUT2D eigenvalue weighted by atomic mass is 14.9. The maximum atomic E-state index is 3.68. The molecule has 0 bridgehead atoms. The fourth-order valence-corrected chi connectivity index (χ4v) is 2.37. The van der Waals surface area contributed by atoms with E-state index in [0.29, 0.717) is 0 Å². The van der Waals surface area contributed by atoms with Gasteiger partial charge in [0.2, 0.25) is 0 Å². The lowest BCUT2D eigenvalue weighted by molar-refractivity contribution is 0.517. The van der Waals surface area contributed by atoms with Crippen LogP contribution in [0.1, 0.15) is 33.1 Å². The van der Waals surface area contributed by atoms with Gasteiger partial charge in [-0.2, -0.15) is 0 Å². The van der Waals surface area contributed by atoms with Crippen molar-refractivity contribution in [3.8, 4) is 0 Å². The van der Waals surface area contributed by atoms with E-state index in [9.17, 15) is 0 Å². The third-order valence-corrected chi connectivity index (χ3v) is 3.63. The maximum Gasteiger partial charge on any atom is 0.0183 e. The molecule has 80 valence electrons. The van der Waals surface area contributed by atoms with E-state index in [1.807, 2.05) is 0 Å². The van der Waals surface area contributed by atoms with Crippen LogP contribution in [0.4, 0.5) is 0 Å². The van der Waals surface area contributed by atoms with Crippen molar-refractivity contribution in [3.05, 3.63) is 11.1 Å². The Morgan fingerprint density at radius 1 is 1.43 bits per heavy atom. The first-order valence-electron chi connectivity index (χ1n) is 5.87. The molecule has 0 radical (unpaired) electrons. The molecule has 1 heterocycles. The third-order valence-electron chi connectivity index (χ3n) is 3.63. The topological polar surface area (TPSA) is 24.1 Å². The highest BCUT2D eigenvalue weighted by Gasteiger charge is 2.20. The Morgan fingerprint density at radius 2 is 2.21 bits per heavy atom. The molecule has 2 nitrogen and oxygen atoms in total. The van der Waals surface area contributed by atoms with Gasteiger partial charge in [-0.15, -0.1) is 0 Å². The van der Waals surface area contributed by atoms with E-state index in [1.54, 1.807) is 11.1 Å². The first kappa shape index (κ1) is 10.2. The van der Waals surface area contributed by atoms with E-state index in [1.165, 1.54) is 19.3 Å². The molecule has 2 heteroatoms. The lowest BCUT2D eigenvalue weighted by Gasteiger charge is -2.23. The molecule has 2 rings (SSSR count). The second-order valence-corrected chi connectivity index (χ2v) is 4.98. The molecular weight excluding hydrogens is 172 g/mol. The Bertz CT molecular complexity index is 226. The van der Waals surface area contributed by atoms with Crippen molar-refractivity contribution in [1.82, 2.24) is 10.6 Å². The molecule has 2 aliphatic rings. The van der Waals surface area contributed by atoms with Crippen molar-refractivity contribution >= 4 is 0 Å². The van der Waals surface area contributed by atoms with Crippen LogP contribution in [0, 0.1) is 5.92 Å². The summed E-state index contributed by atoms with van der Waals surface area (Å²) < 4.78 is 0. The molecule has 0 aromatic heterocycles. The summed E-state index contributed by atoms with van der Waals surface area (Å²) in [6.07, 6.45) is 4.16. The molecule has 0 spiro atoms.